The lowest BCUT2D eigenvalue weighted by atomic mass is 10.3. The lowest BCUT2D eigenvalue weighted by Crippen LogP contribution is -2.13. The van der Waals surface area contributed by atoms with Gasteiger partial charge in [-0.1, -0.05) is 34.8 Å². The van der Waals surface area contributed by atoms with Gasteiger partial charge in [0.1, 0.15) is 6.61 Å². The maximum absolute atomic E-state index is 8.90. The minimum Gasteiger partial charge on any atom is -0.488 e. The van der Waals surface area contributed by atoms with Crippen molar-refractivity contribution in [3.8, 4) is 5.75 Å². The molecule has 1 rings (SSSR count). The van der Waals surface area contributed by atoms with Gasteiger partial charge >= 0.3 is 0 Å². The third-order valence-corrected chi connectivity index (χ3v) is 2.16. The molecular formula is C9H8Cl3O2. The number of aliphatic hydroxyl groups is 1. The average molecular weight is 255 g/mol. The lowest BCUT2D eigenvalue weighted by molar-refractivity contribution is 0.142. The minimum absolute atomic E-state index is 0.0288. The smallest absolute Gasteiger partial charge is 0.156 e. The van der Waals surface area contributed by atoms with Gasteiger partial charge in [0.2, 0.25) is 0 Å². The van der Waals surface area contributed by atoms with Crippen molar-refractivity contribution < 1.29 is 9.84 Å². The summed E-state index contributed by atoms with van der Waals surface area (Å²) in [5, 5.41) is 9.95. The molecule has 14 heavy (non-hydrogen) atoms. The summed E-state index contributed by atoms with van der Waals surface area (Å²) in [6.07, 6.45) is -0.821. The average Bonchev–Trinajstić information content (AvgIpc) is 2.01. The third kappa shape index (κ3) is 3.21. The summed E-state index contributed by atoms with van der Waals surface area (Å²) in [5.41, 5.74) is 0. The summed E-state index contributed by atoms with van der Waals surface area (Å²) < 4.78 is 5.15. The van der Waals surface area contributed by atoms with Crippen molar-refractivity contribution in [2.45, 2.75) is 6.10 Å². The first-order chi connectivity index (χ1) is 6.50. The van der Waals surface area contributed by atoms with Crippen molar-refractivity contribution in [3.63, 3.8) is 0 Å². The fourth-order valence-electron chi connectivity index (χ4n) is 0.846. The van der Waals surface area contributed by atoms with Crippen LogP contribution in [0.1, 0.15) is 0 Å². The van der Waals surface area contributed by atoms with Crippen molar-refractivity contribution >= 4 is 34.8 Å². The van der Waals surface area contributed by atoms with Crippen LogP contribution in [0.25, 0.3) is 0 Å². The van der Waals surface area contributed by atoms with Gasteiger partial charge in [0.15, 0.2) is 5.75 Å². The molecule has 1 unspecified atom stereocenters. The van der Waals surface area contributed by atoms with E-state index in [-0.39, 0.29) is 6.61 Å². The highest BCUT2D eigenvalue weighted by atomic mass is 35.5. The summed E-state index contributed by atoms with van der Waals surface area (Å²) in [6, 6.07) is 3.03. The molecule has 0 aliphatic heterocycles. The van der Waals surface area contributed by atoms with Crippen LogP contribution in [0, 0.1) is 6.92 Å². The Bertz CT molecular complexity index is 303. The maximum Gasteiger partial charge on any atom is 0.156 e. The van der Waals surface area contributed by atoms with Crippen LogP contribution in [0.15, 0.2) is 12.1 Å². The molecule has 1 aromatic carbocycles. The van der Waals surface area contributed by atoms with Crippen LogP contribution in [-0.2, 0) is 0 Å². The van der Waals surface area contributed by atoms with Crippen molar-refractivity contribution in [1.82, 2.24) is 0 Å². The number of halogens is 3. The first-order valence-electron chi connectivity index (χ1n) is 3.79. The molecule has 0 saturated heterocycles. The molecule has 0 spiro atoms. The Morgan fingerprint density at radius 2 is 1.79 bits per heavy atom. The second-order valence-corrected chi connectivity index (χ2v) is 3.91. The number of hydrogen-bond donors (Lipinski definition) is 1. The zero-order valence-electron chi connectivity index (χ0n) is 7.14. The molecule has 0 aliphatic rings. The van der Waals surface area contributed by atoms with Gasteiger partial charge in [-0.05, 0) is 19.1 Å². The van der Waals surface area contributed by atoms with E-state index in [1.807, 2.05) is 0 Å². The van der Waals surface area contributed by atoms with Gasteiger partial charge < -0.3 is 9.84 Å². The molecule has 0 aliphatic carbocycles. The largest absolute Gasteiger partial charge is 0.488 e. The summed E-state index contributed by atoms with van der Waals surface area (Å²) in [4.78, 5) is 0. The highest BCUT2D eigenvalue weighted by molar-refractivity contribution is 6.40. The number of aliphatic hydroxyl groups excluding tert-OH is 1. The van der Waals surface area contributed by atoms with Gasteiger partial charge in [0.05, 0.1) is 16.1 Å². The molecule has 1 N–H and O–H groups in total. The molecule has 5 heteroatoms. The number of hydrogen-bond acceptors (Lipinski definition) is 2. The van der Waals surface area contributed by atoms with E-state index in [2.05, 4.69) is 6.92 Å². The molecule has 0 aromatic heterocycles. The van der Waals surface area contributed by atoms with E-state index in [0.29, 0.717) is 20.8 Å². The van der Waals surface area contributed by atoms with E-state index in [4.69, 9.17) is 44.6 Å². The SMILES string of the molecule is [CH2]C(O)COc1c(Cl)cc(Cl)cc1Cl. The monoisotopic (exact) mass is 253 g/mol. The molecule has 1 atom stereocenters. The quantitative estimate of drug-likeness (QED) is 0.897. The van der Waals surface area contributed by atoms with Crippen LogP contribution in [0.5, 0.6) is 5.75 Å². The van der Waals surface area contributed by atoms with Gasteiger partial charge in [-0.2, -0.15) is 0 Å². The van der Waals surface area contributed by atoms with E-state index in [1.54, 1.807) is 0 Å². The summed E-state index contributed by atoms with van der Waals surface area (Å²) >= 11 is 17.3. The van der Waals surface area contributed by atoms with E-state index < -0.39 is 6.10 Å². The van der Waals surface area contributed by atoms with E-state index in [1.165, 1.54) is 12.1 Å². The van der Waals surface area contributed by atoms with Crippen molar-refractivity contribution in [1.29, 1.82) is 0 Å². The van der Waals surface area contributed by atoms with Gasteiger partial charge in [0, 0.05) is 5.02 Å². The zero-order valence-corrected chi connectivity index (χ0v) is 9.40. The standard InChI is InChI=1S/C9H8Cl3O2/c1-5(13)4-14-9-7(11)2-6(10)3-8(9)12/h2-3,5,13H,1,4H2. The first-order valence-corrected chi connectivity index (χ1v) is 4.92. The molecule has 77 valence electrons. The molecule has 1 radical (unpaired) electrons. The summed E-state index contributed by atoms with van der Waals surface area (Å²) in [5.74, 6) is 0.306. The van der Waals surface area contributed by atoms with Crippen LogP contribution in [-0.4, -0.2) is 17.8 Å². The van der Waals surface area contributed by atoms with Crippen LogP contribution < -0.4 is 4.74 Å². The first kappa shape index (κ1) is 11.9. The number of benzene rings is 1. The van der Waals surface area contributed by atoms with E-state index in [0.717, 1.165) is 0 Å². The summed E-state index contributed by atoms with van der Waals surface area (Å²) in [6.45, 7) is 3.38. The highest BCUT2D eigenvalue weighted by Crippen LogP contribution is 2.35. The third-order valence-electron chi connectivity index (χ3n) is 1.38. The molecule has 0 saturated carbocycles. The lowest BCUT2D eigenvalue weighted by Gasteiger charge is -2.11. The highest BCUT2D eigenvalue weighted by Gasteiger charge is 2.09. The second-order valence-electron chi connectivity index (χ2n) is 2.66. The van der Waals surface area contributed by atoms with Gasteiger partial charge in [-0.3, -0.25) is 0 Å². The normalized spacial score (nSPS) is 12.6. The Labute approximate surface area is 97.3 Å². The summed E-state index contributed by atoms with van der Waals surface area (Å²) in [7, 11) is 0. The molecule has 0 amide bonds. The number of rotatable bonds is 3. The Kier molecular flexibility index (Phi) is 4.32. The Hall–Kier alpha value is -0.150. The Morgan fingerprint density at radius 3 is 2.21 bits per heavy atom. The topological polar surface area (TPSA) is 29.5 Å². The van der Waals surface area contributed by atoms with Crippen LogP contribution in [0.4, 0.5) is 0 Å². The second kappa shape index (κ2) is 5.08. The van der Waals surface area contributed by atoms with Gasteiger partial charge in [0.25, 0.3) is 0 Å². The van der Waals surface area contributed by atoms with E-state index in [9.17, 15) is 0 Å². The van der Waals surface area contributed by atoms with Gasteiger partial charge in [-0.15, -0.1) is 0 Å². The zero-order chi connectivity index (χ0) is 10.7. The van der Waals surface area contributed by atoms with Crippen molar-refractivity contribution in [2.24, 2.45) is 0 Å². The molecule has 0 bridgehead atoms. The fourth-order valence-corrected chi connectivity index (χ4v) is 1.77. The van der Waals surface area contributed by atoms with Crippen LogP contribution in [0.3, 0.4) is 0 Å². The molecule has 1 aromatic rings. The predicted octanol–water partition coefficient (Wildman–Crippen LogP) is 3.22. The van der Waals surface area contributed by atoms with E-state index >= 15 is 0 Å². The van der Waals surface area contributed by atoms with Crippen molar-refractivity contribution in [2.75, 3.05) is 6.61 Å². The van der Waals surface area contributed by atoms with Crippen molar-refractivity contribution in [3.05, 3.63) is 34.1 Å². The van der Waals surface area contributed by atoms with Crippen LogP contribution in [0.2, 0.25) is 15.1 Å². The molecule has 2 nitrogen and oxygen atoms in total. The molecule has 0 fully saturated rings. The number of ether oxygens (including phenoxy) is 1. The Morgan fingerprint density at radius 1 is 1.29 bits per heavy atom. The molecular weight excluding hydrogens is 246 g/mol. The predicted molar refractivity (Wildman–Crippen MR) is 58.3 cm³/mol. The maximum atomic E-state index is 8.90. The van der Waals surface area contributed by atoms with Crippen LogP contribution >= 0.6 is 34.8 Å². The molecule has 0 heterocycles. The van der Waals surface area contributed by atoms with Gasteiger partial charge in [-0.25, -0.2) is 0 Å². The fraction of sp³-hybridized carbons (Fsp3) is 0.222. The minimum atomic E-state index is -0.821. The Balaban J connectivity index is 2.86.